The molecule has 2 aromatic carbocycles. The van der Waals surface area contributed by atoms with E-state index in [4.69, 9.17) is 26.2 Å². The first-order valence-electron chi connectivity index (χ1n) is 8.25. The van der Waals surface area contributed by atoms with E-state index in [1.54, 1.807) is 42.5 Å². The van der Waals surface area contributed by atoms with Gasteiger partial charge in [0.15, 0.2) is 6.10 Å². The van der Waals surface area contributed by atoms with Crippen LogP contribution in [-0.2, 0) is 9.53 Å². The van der Waals surface area contributed by atoms with Crippen LogP contribution in [0.3, 0.4) is 0 Å². The summed E-state index contributed by atoms with van der Waals surface area (Å²) < 4.78 is 10.4. The molecule has 0 unspecified atom stereocenters. The Kier molecular flexibility index (Phi) is 7.45. The highest BCUT2D eigenvalue weighted by Gasteiger charge is 2.21. The highest BCUT2D eigenvalue weighted by molar-refractivity contribution is 6.31. The number of nitrogens with one attached hydrogen (secondary N) is 2. The predicted molar refractivity (Wildman–Crippen MR) is 104 cm³/mol. The number of ether oxygens (including phenoxy) is 2. The van der Waals surface area contributed by atoms with Crippen molar-refractivity contribution in [3.63, 3.8) is 0 Å². The van der Waals surface area contributed by atoms with Gasteiger partial charge in [0.05, 0.1) is 25.0 Å². The quantitative estimate of drug-likeness (QED) is 0.598. The molecule has 1 atom stereocenters. The van der Waals surface area contributed by atoms with Gasteiger partial charge < -0.3 is 25.2 Å². The first-order valence-corrected chi connectivity index (χ1v) is 8.63. The number of carbonyl (C=O) groups excluding carboxylic acids is 2. The van der Waals surface area contributed by atoms with Crippen LogP contribution in [-0.4, -0.2) is 43.3 Å². The Balaban J connectivity index is 2.06. The number of rotatable bonds is 8. The minimum atomic E-state index is -1.05. The van der Waals surface area contributed by atoms with Gasteiger partial charge in [0.2, 0.25) is 0 Å². The molecule has 0 saturated carbocycles. The third kappa shape index (κ3) is 5.60. The Morgan fingerprint density at radius 2 is 1.93 bits per heavy atom. The van der Waals surface area contributed by atoms with Crippen molar-refractivity contribution in [3.8, 4) is 5.75 Å². The number of amides is 1. The zero-order chi connectivity index (χ0) is 19.8. The largest absolute Gasteiger partial charge is 0.495 e. The van der Waals surface area contributed by atoms with Crippen molar-refractivity contribution in [1.29, 1.82) is 0 Å². The van der Waals surface area contributed by atoms with E-state index >= 15 is 0 Å². The summed E-state index contributed by atoms with van der Waals surface area (Å²) >= 11 is 5.94. The molecule has 2 aromatic rings. The van der Waals surface area contributed by atoms with Crippen LogP contribution in [0.25, 0.3) is 0 Å². The fourth-order valence-electron chi connectivity index (χ4n) is 2.30. The SMILES string of the molecule is COc1ccc(Cl)cc1NC(=O)[C@@H](C)OC(=O)c1ccccc1NCCO. The minimum Gasteiger partial charge on any atom is -0.495 e. The lowest BCUT2D eigenvalue weighted by molar-refractivity contribution is -0.123. The van der Waals surface area contributed by atoms with E-state index in [1.165, 1.54) is 14.0 Å². The minimum absolute atomic E-state index is 0.0797. The molecule has 0 aliphatic carbocycles. The van der Waals surface area contributed by atoms with Crippen molar-refractivity contribution in [2.24, 2.45) is 0 Å². The normalized spacial score (nSPS) is 11.4. The van der Waals surface area contributed by atoms with Gasteiger partial charge in [-0.3, -0.25) is 4.79 Å². The number of hydrogen-bond donors (Lipinski definition) is 3. The fourth-order valence-corrected chi connectivity index (χ4v) is 2.47. The van der Waals surface area contributed by atoms with Crippen LogP contribution in [0, 0.1) is 0 Å². The van der Waals surface area contributed by atoms with Gasteiger partial charge in [-0.05, 0) is 37.3 Å². The summed E-state index contributed by atoms with van der Waals surface area (Å²) in [4.78, 5) is 24.8. The summed E-state index contributed by atoms with van der Waals surface area (Å²) in [6.45, 7) is 1.67. The lowest BCUT2D eigenvalue weighted by Crippen LogP contribution is -2.30. The van der Waals surface area contributed by atoms with Crippen LogP contribution in [0.5, 0.6) is 5.75 Å². The first-order chi connectivity index (χ1) is 13.0. The first kappa shape index (κ1) is 20.5. The maximum absolute atomic E-state index is 12.4. The smallest absolute Gasteiger partial charge is 0.341 e. The van der Waals surface area contributed by atoms with Gasteiger partial charge in [0, 0.05) is 17.3 Å². The van der Waals surface area contributed by atoms with Crippen molar-refractivity contribution >= 4 is 34.9 Å². The van der Waals surface area contributed by atoms with E-state index in [1.807, 2.05) is 0 Å². The number of esters is 1. The van der Waals surface area contributed by atoms with E-state index in [0.29, 0.717) is 22.1 Å². The summed E-state index contributed by atoms with van der Waals surface area (Å²) in [5.41, 5.74) is 1.16. The molecule has 7 nitrogen and oxygen atoms in total. The maximum Gasteiger partial charge on any atom is 0.341 e. The van der Waals surface area contributed by atoms with E-state index in [2.05, 4.69) is 10.6 Å². The molecule has 0 heterocycles. The average molecular weight is 393 g/mol. The van der Waals surface area contributed by atoms with Crippen LogP contribution in [0.2, 0.25) is 5.02 Å². The molecule has 0 aliphatic rings. The summed E-state index contributed by atoms with van der Waals surface area (Å²) in [6, 6.07) is 11.5. The Hall–Kier alpha value is -2.77. The predicted octanol–water partition coefficient (Wildman–Crippen LogP) is 2.94. The van der Waals surface area contributed by atoms with E-state index in [0.717, 1.165) is 0 Å². The van der Waals surface area contributed by atoms with Crippen molar-refractivity contribution < 1.29 is 24.2 Å². The van der Waals surface area contributed by atoms with Crippen LogP contribution in [0.4, 0.5) is 11.4 Å². The molecule has 0 aromatic heterocycles. The van der Waals surface area contributed by atoms with Gasteiger partial charge in [0.25, 0.3) is 5.91 Å². The highest BCUT2D eigenvalue weighted by Crippen LogP contribution is 2.28. The van der Waals surface area contributed by atoms with Crippen molar-refractivity contribution in [2.75, 3.05) is 30.9 Å². The molecule has 27 heavy (non-hydrogen) atoms. The molecule has 1 amide bonds. The van der Waals surface area contributed by atoms with E-state index in [-0.39, 0.29) is 18.7 Å². The molecule has 3 N–H and O–H groups in total. The number of aliphatic hydroxyl groups is 1. The molecule has 144 valence electrons. The third-order valence-electron chi connectivity index (χ3n) is 3.65. The number of benzene rings is 2. The number of anilines is 2. The summed E-state index contributed by atoms with van der Waals surface area (Å²) in [6.07, 6.45) is -1.05. The van der Waals surface area contributed by atoms with Crippen LogP contribution >= 0.6 is 11.6 Å². The zero-order valence-electron chi connectivity index (χ0n) is 15.0. The van der Waals surface area contributed by atoms with Gasteiger partial charge >= 0.3 is 5.97 Å². The number of methoxy groups -OCH3 is 1. The fraction of sp³-hybridized carbons (Fsp3) is 0.263. The Morgan fingerprint density at radius 3 is 2.63 bits per heavy atom. The molecule has 0 aliphatic heterocycles. The topological polar surface area (TPSA) is 96.9 Å². The number of para-hydroxylation sites is 1. The van der Waals surface area contributed by atoms with E-state index < -0.39 is 18.0 Å². The number of hydrogen-bond acceptors (Lipinski definition) is 6. The third-order valence-corrected chi connectivity index (χ3v) is 3.88. The zero-order valence-corrected chi connectivity index (χ0v) is 15.7. The second-order valence-electron chi connectivity index (χ2n) is 5.58. The molecular weight excluding hydrogens is 372 g/mol. The second kappa shape index (κ2) is 9.80. The number of halogens is 1. The lowest BCUT2D eigenvalue weighted by Gasteiger charge is -2.16. The van der Waals surface area contributed by atoms with Gasteiger partial charge in [-0.1, -0.05) is 23.7 Å². The van der Waals surface area contributed by atoms with Crippen LogP contribution < -0.4 is 15.4 Å². The molecule has 0 fully saturated rings. The van der Waals surface area contributed by atoms with E-state index in [9.17, 15) is 9.59 Å². The van der Waals surface area contributed by atoms with Gasteiger partial charge in [-0.15, -0.1) is 0 Å². The van der Waals surface area contributed by atoms with Gasteiger partial charge in [-0.2, -0.15) is 0 Å². The summed E-state index contributed by atoms with van der Waals surface area (Å²) in [5, 5.41) is 14.9. The standard InChI is InChI=1S/C19H21ClN2O5/c1-12(18(24)22-16-11-13(20)7-8-17(16)26-2)27-19(25)14-5-3-4-6-15(14)21-9-10-23/h3-8,11-12,21,23H,9-10H2,1-2H3,(H,22,24)/t12-/m1/s1. The molecular formula is C19H21ClN2O5. The number of carbonyl (C=O) groups is 2. The second-order valence-corrected chi connectivity index (χ2v) is 6.01. The number of aliphatic hydroxyl groups excluding tert-OH is 1. The van der Waals surface area contributed by atoms with Gasteiger partial charge in [-0.25, -0.2) is 4.79 Å². The summed E-state index contributed by atoms with van der Waals surface area (Å²) in [5.74, 6) is -0.744. The van der Waals surface area contributed by atoms with Crippen LogP contribution in [0.15, 0.2) is 42.5 Å². The Labute approximate surface area is 162 Å². The molecule has 0 saturated heterocycles. The van der Waals surface area contributed by atoms with Crippen molar-refractivity contribution in [1.82, 2.24) is 0 Å². The lowest BCUT2D eigenvalue weighted by atomic mass is 10.1. The molecule has 0 bridgehead atoms. The Bertz CT molecular complexity index is 812. The average Bonchev–Trinajstić information content (AvgIpc) is 2.66. The van der Waals surface area contributed by atoms with Crippen molar-refractivity contribution in [2.45, 2.75) is 13.0 Å². The maximum atomic E-state index is 12.4. The Morgan fingerprint density at radius 1 is 1.19 bits per heavy atom. The highest BCUT2D eigenvalue weighted by atomic mass is 35.5. The van der Waals surface area contributed by atoms with Crippen LogP contribution in [0.1, 0.15) is 17.3 Å². The van der Waals surface area contributed by atoms with Crippen molar-refractivity contribution in [3.05, 3.63) is 53.1 Å². The summed E-state index contributed by atoms with van der Waals surface area (Å²) in [7, 11) is 1.47. The molecule has 2 rings (SSSR count). The monoisotopic (exact) mass is 392 g/mol. The molecule has 0 spiro atoms. The molecule has 0 radical (unpaired) electrons. The molecule has 8 heteroatoms. The van der Waals surface area contributed by atoms with Gasteiger partial charge in [0.1, 0.15) is 5.75 Å².